The van der Waals surface area contributed by atoms with Crippen LogP contribution in [0.15, 0.2) is 29.2 Å². The van der Waals surface area contributed by atoms with Crippen molar-refractivity contribution in [3.63, 3.8) is 0 Å². The number of carbonyl (C=O) groups is 1. The van der Waals surface area contributed by atoms with Crippen molar-refractivity contribution in [3.8, 4) is 6.07 Å². The second kappa shape index (κ2) is 7.03. The molecular formula is C13H16N2O4S. The predicted octanol–water partition coefficient (Wildman–Crippen LogP) is 0.483. The van der Waals surface area contributed by atoms with Gasteiger partial charge in [-0.25, -0.2) is 8.42 Å². The molecule has 1 unspecified atom stereocenters. The van der Waals surface area contributed by atoms with E-state index in [1.54, 1.807) is 6.92 Å². The first-order valence-corrected chi connectivity index (χ1v) is 7.60. The van der Waals surface area contributed by atoms with Gasteiger partial charge in [-0.1, -0.05) is 6.07 Å². The van der Waals surface area contributed by atoms with E-state index >= 15 is 0 Å². The Morgan fingerprint density at radius 1 is 1.50 bits per heavy atom. The van der Waals surface area contributed by atoms with Crippen molar-refractivity contribution in [2.75, 3.05) is 19.4 Å². The lowest BCUT2D eigenvalue weighted by Gasteiger charge is -2.11. The lowest BCUT2D eigenvalue weighted by Crippen LogP contribution is -2.37. The Balaban J connectivity index is 2.67. The fraction of sp³-hybridized carbons (Fsp3) is 0.385. The molecule has 0 aromatic heterocycles. The van der Waals surface area contributed by atoms with Crippen LogP contribution in [0.1, 0.15) is 12.5 Å². The quantitative estimate of drug-likeness (QED) is 0.767. The normalized spacial score (nSPS) is 12.4. The van der Waals surface area contributed by atoms with Crippen molar-refractivity contribution in [1.82, 2.24) is 5.32 Å². The van der Waals surface area contributed by atoms with Crippen molar-refractivity contribution in [2.24, 2.45) is 0 Å². The van der Waals surface area contributed by atoms with E-state index in [-0.39, 0.29) is 17.2 Å². The van der Waals surface area contributed by atoms with Crippen LogP contribution < -0.4 is 5.32 Å². The third-order valence-corrected chi connectivity index (χ3v) is 4.41. The van der Waals surface area contributed by atoms with Gasteiger partial charge >= 0.3 is 5.97 Å². The largest absolute Gasteiger partial charge is 0.468 e. The standard InChI is InChI=1S/C13H16N2O4S/c1-10(13(16)19-2)15-6-7-20(17,18)12-5-3-4-11(8-12)9-14/h3-5,8,10,15H,6-7H2,1-2H3. The number of esters is 1. The van der Waals surface area contributed by atoms with E-state index in [0.717, 1.165) is 0 Å². The second-order valence-electron chi connectivity index (χ2n) is 4.16. The number of hydrogen-bond acceptors (Lipinski definition) is 6. The van der Waals surface area contributed by atoms with Crippen LogP contribution in [0.4, 0.5) is 0 Å². The predicted molar refractivity (Wildman–Crippen MR) is 72.7 cm³/mol. The molecule has 0 spiro atoms. The van der Waals surface area contributed by atoms with Gasteiger partial charge in [-0.15, -0.1) is 0 Å². The third-order valence-electron chi connectivity index (χ3n) is 2.70. The molecule has 20 heavy (non-hydrogen) atoms. The average Bonchev–Trinajstić information content (AvgIpc) is 2.46. The van der Waals surface area contributed by atoms with Gasteiger partial charge in [0.15, 0.2) is 9.84 Å². The van der Waals surface area contributed by atoms with E-state index in [0.29, 0.717) is 5.56 Å². The highest BCUT2D eigenvalue weighted by Crippen LogP contribution is 2.12. The number of benzene rings is 1. The van der Waals surface area contributed by atoms with Crippen LogP contribution in [0.25, 0.3) is 0 Å². The zero-order valence-electron chi connectivity index (χ0n) is 11.3. The number of hydrogen-bond donors (Lipinski definition) is 1. The summed E-state index contributed by atoms with van der Waals surface area (Å²) in [7, 11) is -2.22. The molecule has 1 rings (SSSR count). The summed E-state index contributed by atoms with van der Waals surface area (Å²) in [5, 5.41) is 11.5. The molecule has 7 heteroatoms. The van der Waals surface area contributed by atoms with E-state index in [2.05, 4.69) is 10.1 Å². The minimum absolute atomic E-state index is 0.101. The minimum Gasteiger partial charge on any atom is -0.468 e. The Hall–Kier alpha value is -1.91. The van der Waals surface area contributed by atoms with Gasteiger partial charge in [-0.3, -0.25) is 4.79 Å². The Kier molecular flexibility index (Phi) is 5.67. The average molecular weight is 296 g/mol. The highest BCUT2D eigenvalue weighted by atomic mass is 32.2. The highest BCUT2D eigenvalue weighted by molar-refractivity contribution is 7.91. The SMILES string of the molecule is COC(=O)C(C)NCCS(=O)(=O)c1cccc(C#N)c1. The molecule has 0 aliphatic heterocycles. The van der Waals surface area contributed by atoms with E-state index in [1.807, 2.05) is 6.07 Å². The first-order valence-electron chi connectivity index (χ1n) is 5.95. The van der Waals surface area contributed by atoms with E-state index in [4.69, 9.17) is 5.26 Å². The van der Waals surface area contributed by atoms with Crippen LogP contribution in [0.3, 0.4) is 0 Å². The minimum atomic E-state index is -3.49. The summed E-state index contributed by atoms with van der Waals surface area (Å²) < 4.78 is 28.6. The summed E-state index contributed by atoms with van der Waals surface area (Å²) in [5.41, 5.74) is 0.293. The zero-order chi connectivity index (χ0) is 15.2. The molecule has 6 nitrogen and oxygen atoms in total. The van der Waals surface area contributed by atoms with Crippen LogP contribution in [-0.2, 0) is 19.4 Å². The molecule has 0 radical (unpaired) electrons. The monoisotopic (exact) mass is 296 g/mol. The summed E-state index contributed by atoms with van der Waals surface area (Å²) in [6, 6.07) is 7.17. The number of nitrogens with one attached hydrogen (secondary N) is 1. The fourth-order valence-electron chi connectivity index (χ4n) is 1.55. The molecule has 1 atom stereocenters. The highest BCUT2D eigenvalue weighted by Gasteiger charge is 2.17. The van der Waals surface area contributed by atoms with Gasteiger partial charge in [0.05, 0.1) is 29.4 Å². The van der Waals surface area contributed by atoms with Gasteiger partial charge in [-0.05, 0) is 25.1 Å². The van der Waals surface area contributed by atoms with Crippen molar-refractivity contribution >= 4 is 15.8 Å². The lowest BCUT2D eigenvalue weighted by molar-refractivity contribution is -0.142. The molecular weight excluding hydrogens is 280 g/mol. The molecule has 0 aliphatic rings. The van der Waals surface area contributed by atoms with Crippen LogP contribution in [-0.4, -0.2) is 39.8 Å². The van der Waals surface area contributed by atoms with Gasteiger partial charge in [0.1, 0.15) is 6.04 Å². The van der Waals surface area contributed by atoms with Gasteiger partial charge in [0, 0.05) is 6.54 Å². The van der Waals surface area contributed by atoms with E-state index in [9.17, 15) is 13.2 Å². The molecule has 1 aromatic rings. The van der Waals surface area contributed by atoms with Crippen molar-refractivity contribution in [2.45, 2.75) is 17.9 Å². The molecule has 1 N–H and O–H groups in total. The van der Waals surface area contributed by atoms with Gasteiger partial charge in [-0.2, -0.15) is 5.26 Å². The first kappa shape index (κ1) is 16.1. The maximum absolute atomic E-state index is 12.1. The Morgan fingerprint density at radius 2 is 2.20 bits per heavy atom. The number of sulfone groups is 1. The lowest BCUT2D eigenvalue weighted by atomic mass is 10.2. The van der Waals surface area contributed by atoms with E-state index < -0.39 is 21.8 Å². The Bertz CT molecular complexity index is 620. The fourth-order valence-corrected chi connectivity index (χ4v) is 2.76. The second-order valence-corrected chi connectivity index (χ2v) is 6.27. The molecule has 0 aliphatic carbocycles. The molecule has 0 fully saturated rings. The number of ether oxygens (including phenoxy) is 1. The molecule has 0 saturated carbocycles. The molecule has 0 saturated heterocycles. The van der Waals surface area contributed by atoms with Crippen LogP contribution in [0.5, 0.6) is 0 Å². The van der Waals surface area contributed by atoms with Gasteiger partial charge < -0.3 is 10.1 Å². The van der Waals surface area contributed by atoms with Crippen molar-refractivity contribution in [1.29, 1.82) is 5.26 Å². The maximum Gasteiger partial charge on any atom is 0.322 e. The maximum atomic E-state index is 12.1. The number of carbonyl (C=O) groups excluding carboxylic acids is 1. The molecule has 0 amide bonds. The summed E-state index contributed by atoms with van der Waals surface area (Å²) in [5.74, 6) is -0.614. The van der Waals surface area contributed by atoms with E-state index in [1.165, 1.54) is 31.4 Å². The number of methoxy groups -OCH3 is 1. The third kappa shape index (κ3) is 4.33. The summed E-state index contributed by atoms with van der Waals surface area (Å²) >= 11 is 0. The molecule has 108 valence electrons. The van der Waals surface area contributed by atoms with Crippen LogP contribution in [0, 0.1) is 11.3 Å². The number of nitrogens with zero attached hydrogens (tertiary/aromatic N) is 1. The molecule has 0 heterocycles. The van der Waals surface area contributed by atoms with Crippen LogP contribution in [0.2, 0.25) is 0 Å². The van der Waals surface area contributed by atoms with Gasteiger partial charge in [0.2, 0.25) is 0 Å². The topological polar surface area (TPSA) is 96.3 Å². The number of nitriles is 1. The van der Waals surface area contributed by atoms with Crippen LogP contribution >= 0.6 is 0 Å². The summed E-state index contributed by atoms with van der Waals surface area (Å²) in [6.45, 7) is 1.71. The van der Waals surface area contributed by atoms with Crippen molar-refractivity contribution in [3.05, 3.63) is 29.8 Å². The zero-order valence-corrected chi connectivity index (χ0v) is 12.1. The molecule has 0 bridgehead atoms. The Morgan fingerprint density at radius 3 is 2.80 bits per heavy atom. The summed E-state index contributed by atoms with van der Waals surface area (Å²) in [6.07, 6.45) is 0. The van der Waals surface area contributed by atoms with Crippen molar-refractivity contribution < 1.29 is 17.9 Å². The van der Waals surface area contributed by atoms with Gasteiger partial charge in [0.25, 0.3) is 0 Å². The smallest absolute Gasteiger partial charge is 0.322 e. The number of rotatable bonds is 6. The summed E-state index contributed by atoms with van der Waals surface area (Å²) in [4.78, 5) is 11.3. The molecule has 1 aromatic carbocycles. The first-order chi connectivity index (χ1) is 9.40. The Labute approximate surface area is 118 Å².